The standard InChI is InChI=1S/C11H13ClP/c1-10-7-8-13(12,9-10)11-5-3-2-4-6-11/h2-7H,8-9H2,1H3/q+1. The van der Waals surface area contributed by atoms with E-state index in [0.717, 1.165) is 12.3 Å². The van der Waals surface area contributed by atoms with Gasteiger partial charge in [0.15, 0.2) is 6.62 Å². The third-order valence-corrected chi connectivity index (χ3v) is 6.79. The van der Waals surface area contributed by atoms with Crippen LogP contribution in [0.3, 0.4) is 0 Å². The van der Waals surface area contributed by atoms with Crippen LogP contribution in [-0.2, 0) is 0 Å². The van der Waals surface area contributed by atoms with Crippen molar-refractivity contribution in [1.29, 1.82) is 0 Å². The first-order chi connectivity index (χ1) is 6.21. The Bertz CT molecular complexity index is 331. The molecule has 1 heterocycles. The van der Waals surface area contributed by atoms with E-state index < -0.39 is 6.62 Å². The highest BCUT2D eigenvalue weighted by Crippen LogP contribution is 2.66. The van der Waals surface area contributed by atoms with Crippen LogP contribution in [0.1, 0.15) is 6.92 Å². The van der Waals surface area contributed by atoms with Crippen LogP contribution >= 0.6 is 17.9 Å². The summed E-state index contributed by atoms with van der Waals surface area (Å²) in [6.45, 7) is 0.825. The van der Waals surface area contributed by atoms with Crippen molar-refractivity contribution in [2.24, 2.45) is 0 Å². The van der Waals surface area contributed by atoms with Gasteiger partial charge < -0.3 is 0 Å². The second-order valence-electron chi connectivity index (χ2n) is 3.59. The largest absolute Gasteiger partial charge is 0.154 e. The number of benzene rings is 1. The molecule has 0 fully saturated rings. The lowest BCUT2D eigenvalue weighted by molar-refractivity contribution is 1.42. The van der Waals surface area contributed by atoms with Gasteiger partial charge in [0, 0.05) is 0 Å². The first-order valence-electron chi connectivity index (χ1n) is 4.49. The second kappa shape index (κ2) is 3.44. The minimum Gasteiger partial charge on any atom is -0.0620 e. The maximum atomic E-state index is 6.65. The normalized spacial score (nSPS) is 27.4. The average molecular weight is 212 g/mol. The maximum absolute atomic E-state index is 6.65. The van der Waals surface area contributed by atoms with Crippen molar-refractivity contribution >= 4 is 23.2 Å². The van der Waals surface area contributed by atoms with Gasteiger partial charge in [0.1, 0.15) is 11.5 Å². The Morgan fingerprint density at radius 3 is 2.46 bits per heavy atom. The Morgan fingerprint density at radius 1 is 1.23 bits per heavy atom. The van der Waals surface area contributed by atoms with Gasteiger partial charge >= 0.3 is 0 Å². The first kappa shape index (κ1) is 9.24. The van der Waals surface area contributed by atoms with Gasteiger partial charge in [-0.25, -0.2) is 0 Å². The molecule has 1 atom stereocenters. The molecule has 1 aromatic carbocycles. The first-order valence-corrected chi connectivity index (χ1v) is 7.55. The Morgan fingerprint density at radius 2 is 1.92 bits per heavy atom. The van der Waals surface area contributed by atoms with E-state index in [4.69, 9.17) is 11.2 Å². The predicted octanol–water partition coefficient (Wildman–Crippen LogP) is 3.44. The molecule has 0 nitrogen and oxygen atoms in total. The molecule has 1 unspecified atom stereocenters. The summed E-state index contributed by atoms with van der Waals surface area (Å²) in [5.41, 5.74) is 1.45. The maximum Gasteiger partial charge on any atom is 0.154 e. The van der Waals surface area contributed by atoms with Crippen LogP contribution in [0.4, 0.5) is 0 Å². The molecule has 1 aliphatic heterocycles. The van der Waals surface area contributed by atoms with Gasteiger partial charge in [-0.15, -0.1) is 0 Å². The van der Waals surface area contributed by atoms with Crippen LogP contribution in [0.25, 0.3) is 0 Å². The minimum absolute atomic E-state index is 1.07. The highest BCUT2D eigenvalue weighted by Gasteiger charge is 2.41. The fourth-order valence-corrected chi connectivity index (χ4v) is 5.58. The van der Waals surface area contributed by atoms with E-state index in [-0.39, 0.29) is 0 Å². The van der Waals surface area contributed by atoms with Crippen molar-refractivity contribution in [1.82, 2.24) is 0 Å². The van der Waals surface area contributed by atoms with Crippen LogP contribution in [-0.4, -0.2) is 12.3 Å². The van der Waals surface area contributed by atoms with E-state index >= 15 is 0 Å². The number of rotatable bonds is 1. The number of hydrogen-bond donors (Lipinski definition) is 0. The molecule has 0 bridgehead atoms. The fourth-order valence-electron chi connectivity index (χ4n) is 1.72. The van der Waals surface area contributed by atoms with E-state index in [0.29, 0.717) is 0 Å². The molecular weight excluding hydrogens is 199 g/mol. The number of hydrogen-bond acceptors (Lipinski definition) is 0. The van der Waals surface area contributed by atoms with E-state index in [9.17, 15) is 0 Å². The van der Waals surface area contributed by atoms with Crippen LogP contribution in [0.15, 0.2) is 42.0 Å². The van der Waals surface area contributed by atoms with Crippen molar-refractivity contribution < 1.29 is 0 Å². The lowest BCUT2D eigenvalue weighted by Gasteiger charge is -2.11. The molecule has 1 aromatic rings. The van der Waals surface area contributed by atoms with Crippen molar-refractivity contribution in [2.45, 2.75) is 6.92 Å². The van der Waals surface area contributed by atoms with Gasteiger partial charge in [0.2, 0.25) is 0 Å². The predicted molar refractivity (Wildman–Crippen MR) is 62.3 cm³/mol. The molecule has 0 aromatic heterocycles. The zero-order chi connectivity index (χ0) is 9.31. The Kier molecular flexibility index (Phi) is 2.45. The molecule has 0 amide bonds. The lowest BCUT2D eigenvalue weighted by Crippen LogP contribution is -2.08. The number of allylic oxidation sites excluding steroid dienone is 2. The topological polar surface area (TPSA) is 0 Å². The van der Waals surface area contributed by atoms with Gasteiger partial charge in [-0.2, -0.15) is 0 Å². The van der Waals surface area contributed by atoms with Gasteiger partial charge in [0.25, 0.3) is 0 Å². The lowest BCUT2D eigenvalue weighted by atomic mass is 10.3. The summed E-state index contributed by atoms with van der Waals surface area (Å²) in [5.74, 6) is 0. The smallest absolute Gasteiger partial charge is 0.0620 e. The molecule has 0 saturated heterocycles. The van der Waals surface area contributed by atoms with Gasteiger partial charge in [-0.1, -0.05) is 18.2 Å². The molecule has 68 valence electrons. The van der Waals surface area contributed by atoms with E-state index in [2.05, 4.69) is 37.3 Å². The molecule has 0 N–H and O–H groups in total. The Balaban J connectivity index is 2.28. The third kappa shape index (κ3) is 1.80. The van der Waals surface area contributed by atoms with Crippen molar-refractivity contribution in [2.75, 3.05) is 12.3 Å². The summed E-state index contributed by atoms with van der Waals surface area (Å²) in [6.07, 6.45) is 4.46. The third-order valence-electron chi connectivity index (χ3n) is 2.45. The van der Waals surface area contributed by atoms with Crippen LogP contribution in [0.2, 0.25) is 0 Å². The molecular formula is C11H13ClP+. The summed E-state index contributed by atoms with van der Waals surface area (Å²) in [5, 5.41) is 1.35. The summed E-state index contributed by atoms with van der Waals surface area (Å²) in [7, 11) is 0. The average Bonchev–Trinajstić information content (AvgIpc) is 2.49. The van der Waals surface area contributed by atoms with Crippen molar-refractivity contribution in [3.8, 4) is 0 Å². The second-order valence-corrected chi connectivity index (χ2v) is 8.46. The van der Waals surface area contributed by atoms with Crippen LogP contribution < -0.4 is 5.30 Å². The Labute approximate surface area is 84.7 Å². The molecule has 0 aliphatic carbocycles. The summed E-state index contributed by atoms with van der Waals surface area (Å²) < 4.78 is 0. The molecule has 0 radical (unpaired) electrons. The van der Waals surface area contributed by atoms with E-state index in [1.54, 1.807) is 0 Å². The van der Waals surface area contributed by atoms with Gasteiger partial charge in [-0.05, 0) is 30.7 Å². The minimum atomic E-state index is -1.35. The Hall–Kier alpha value is -0.320. The highest BCUT2D eigenvalue weighted by molar-refractivity contribution is 8.05. The quantitative estimate of drug-likeness (QED) is 0.493. The van der Waals surface area contributed by atoms with Gasteiger partial charge in [0.05, 0.1) is 17.4 Å². The van der Waals surface area contributed by atoms with Gasteiger partial charge in [-0.3, -0.25) is 0 Å². The summed E-state index contributed by atoms with van der Waals surface area (Å²) in [6, 6.07) is 10.5. The zero-order valence-corrected chi connectivity index (χ0v) is 9.35. The monoisotopic (exact) mass is 211 g/mol. The molecule has 2 rings (SSSR count). The summed E-state index contributed by atoms with van der Waals surface area (Å²) >= 11 is 6.65. The van der Waals surface area contributed by atoms with E-state index in [1.165, 1.54) is 10.9 Å². The molecule has 1 aliphatic rings. The van der Waals surface area contributed by atoms with Crippen LogP contribution in [0.5, 0.6) is 0 Å². The SMILES string of the molecule is CC1=CC[P+](Cl)(c2ccccc2)C1. The fraction of sp³-hybridized carbons (Fsp3) is 0.273. The molecule has 0 saturated carbocycles. The van der Waals surface area contributed by atoms with Crippen molar-refractivity contribution in [3.05, 3.63) is 42.0 Å². The summed E-state index contributed by atoms with van der Waals surface area (Å²) in [4.78, 5) is 0. The van der Waals surface area contributed by atoms with E-state index in [1.807, 2.05) is 6.07 Å². The number of halogens is 1. The highest BCUT2D eigenvalue weighted by atomic mass is 35.7. The molecule has 0 spiro atoms. The molecule has 13 heavy (non-hydrogen) atoms. The zero-order valence-electron chi connectivity index (χ0n) is 7.70. The molecule has 2 heteroatoms. The van der Waals surface area contributed by atoms with Crippen molar-refractivity contribution in [3.63, 3.8) is 0 Å². The van der Waals surface area contributed by atoms with Crippen LogP contribution in [0, 0.1) is 0 Å².